The maximum atomic E-state index is 13.0. The Hall–Kier alpha value is -3.19. The van der Waals surface area contributed by atoms with Gasteiger partial charge >= 0.3 is 0 Å². The van der Waals surface area contributed by atoms with E-state index in [4.69, 9.17) is 5.10 Å². The molecular weight excluding hydrogens is 382 g/mol. The molecule has 2 aliphatic rings. The SMILES string of the molecule is CC1C(=O)C(C#N)C[C@]2(Cc3ccccc3)c3nn(C)c(-c4ccccc4)c3CCC12. The van der Waals surface area contributed by atoms with Gasteiger partial charge in [0.2, 0.25) is 0 Å². The first-order valence-corrected chi connectivity index (χ1v) is 11.1. The lowest BCUT2D eigenvalue weighted by atomic mass is 9.51. The van der Waals surface area contributed by atoms with Gasteiger partial charge in [0, 0.05) is 29.5 Å². The van der Waals surface area contributed by atoms with Gasteiger partial charge in [0.1, 0.15) is 5.92 Å². The van der Waals surface area contributed by atoms with E-state index >= 15 is 0 Å². The molecule has 4 nitrogen and oxygen atoms in total. The third-order valence-corrected chi connectivity index (χ3v) is 7.56. The van der Waals surface area contributed by atoms with Crippen LogP contribution in [0.5, 0.6) is 0 Å². The fourth-order valence-corrected chi connectivity index (χ4v) is 6.23. The second-order valence-corrected chi connectivity index (χ2v) is 9.21. The molecule has 31 heavy (non-hydrogen) atoms. The molecule has 1 saturated carbocycles. The summed E-state index contributed by atoms with van der Waals surface area (Å²) in [6.45, 7) is 2.03. The Balaban J connectivity index is 1.72. The second-order valence-electron chi connectivity index (χ2n) is 9.21. The van der Waals surface area contributed by atoms with Crippen molar-refractivity contribution in [1.82, 2.24) is 9.78 Å². The highest BCUT2D eigenvalue weighted by Crippen LogP contribution is 2.55. The molecule has 156 valence electrons. The fraction of sp³-hybridized carbons (Fsp3) is 0.370. The molecule has 0 amide bonds. The van der Waals surface area contributed by atoms with Crippen LogP contribution in [-0.2, 0) is 30.1 Å². The van der Waals surface area contributed by atoms with Crippen LogP contribution in [-0.4, -0.2) is 15.6 Å². The normalized spacial score (nSPS) is 27.3. The maximum absolute atomic E-state index is 13.0. The van der Waals surface area contributed by atoms with Gasteiger partial charge in [-0.15, -0.1) is 0 Å². The Kier molecular flexibility index (Phi) is 4.78. The van der Waals surface area contributed by atoms with E-state index in [-0.39, 0.29) is 23.0 Å². The summed E-state index contributed by atoms with van der Waals surface area (Å²) in [4.78, 5) is 13.0. The molecule has 1 aromatic heterocycles. The van der Waals surface area contributed by atoms with Gasteiger partial charge in [0.15, 0.2) is 5.78 Å². The molecule has 2 aliphatic carbocycles. The predicted molar refractivity (Wildman–Crippen MR) is 120 cm³/mol. The highest BCUT2D eigenvalue weighted by atomic mass is 16.1. The molecule has 0 saturated heterocycles. The lowest BCUT2D eigenvalue weighted by molar-refractivity contribution is -0.132. The van der Waals surface area contributed by atoms with Crippen molar-refractivity contribution in [1.29, 1.82) is 5.26 Å². The summed E-state index contributed by atoms with van der Waals surface area (Å²) in [5, 5.41) is 14.9. The number of hydrogen-bond donors (Lipinski definition) is 0. The van der Waals surface area contributed by atoms with Crippen molar-refractivity contribution < 1.29 is 4.79 Å². The van der Waals surface area contributed by atoms with E-state index in [1.165, 1.54) is 22.4 Å². The third kappa shape index (κ3) is 3.03. The smallest absolute Gasteiger partial charge is 0.153 e. The molecule has 1 fully saturated rings. The molecule has 3 aromatic rings. The van der Waals surface area contributed by atoms with Gasteiger partial charge in [-0.3, -0.25) is 9.48 Å². The van der Waals surface area contributed by atoms with E-state index in [1.807, 2.05) is 30.8 Å². The van der Waals surface area contributed by atoms with Crippen LogP contribution >= 0.6 is 0 Å². The first-order chi connectivity index (χ1) is 15.0. The average molecular weight is 410 g/mol. The first-order valence-electron chi connectivity index (χ1n) is 11.1. The predicted octanol–water partition coefficient (Wildman–Crippen LogP) is 4.88. The average Bonchev–Trinajstić information content (AvgIpc) is 3.14. The summed E-state index contributed by atoms with van der Waals surface area (Å²) in [7, 11) is 2.02. The molecule has 0 spiro atoms. The summed E-state index contributed by atoms with van der Waals surface area (Å²) in [6.07, 6.45) is 3.25. The maximum Gasteiger partial charge on any atom is 0.153 e. The first kappa shape index (κ1) is 19.8. The van der Waals surface area contributed by atoms with Crippen molar-refractivity contribution in [3.05, 3.63) is 77.5 Å². The molecule has 1 heterocycles. The Morgan fingerprint density at radius 3 is 2.48 bits per heavy atom. The van der Waals surface area contributed by atoms with Crippen LogP contribution < -0.4 is 0 Å². The number of aromatic nitrogens is 2. The number of Topliss-reactive ketones (excluding diaryl/α,β-unsaturated/α-hetero) is 1. The third-order valence-electron chi connectivity index (χ3n) is 7.56. The standard InChI is InChI=1S/C27H27N3O/c1-18-23-14-13-22-24(20-11-7-4-8-12-20)30(2)29-26(22)27(23,16-21(17-28)25(18)31)15-19-9-5-3-6-10-19/h3-12,18,21,23H,13-16H2,1-2H3/t18?,21?,23?,27-/m0/s1. The lowest BCUT2D eigenvalue weighted by Gasteiger charge is -2.50. The minimum absolute atomic E-state index is 0.110. The minimum atomic E-state index is -0.567. The number of hydrogen-bond acceptors (Lipinski definition) is 3. The van der Waals surface area contributed by atoms with Crippen molar-refractivity contribution in [2.75, 3.05) is 0 Å². The zero-order valence-electron chi connectivity index (χ0n) is 18.1. The van der Waals surface area contributed by atoms with E-state index < -0.39 is 5.92 Å². The lowest BCUT2D eigenvalue weighted by Crippen LogP contribution is -2.53. The highest BCUT2D eigenvalue weighted by molar-refractivity contribution is 5.87. The molecule has 0 aliphatic heterocycles. The zero-order valence-corrected chi connectivity index (χ0v) is 18.1. The number of benzene rings is 2. The largest absolute Gasteiger partial charge is 0.298 e. The van der Waals surface area contributed by atoms with Crippen LogP contribution in [0.15, 0.2) is 60.7 Å². The van der Waals surface area contributed by atoms with Gasteiger partial charge in [0.25, 0.3) is 0 Å². The van der Waals surface area contributed by atoms with Crippen LogP contribution in [0.25, 0.3) is 11.3 Å². The molecule has 4 heteroatoms. The topological polar surface area (TPSA) is 58.7 Å². The Morgan fingerprint density at radius 2 is 1.81 bits per heavy atom. The monoisotopic (exact) mass is 409 g/mol. The van der Waals surface area contributed by atoms with E-state index in [0.29, 0.717) is 6.42 Å². The quantitative estimate of drug-likeness (QED) is 0.619. The Labute approximate surface area is 183 Å². The van der Waals surface area contributed by atoms with Crippen molar-refractivity contribution in [3.63, 3.8) is 0 Å². The van der Waals surface area contributed by atoms with E-state index in [1.54, 1.807) is 0 Å². The molecule has 4 atom stereocenters. The summed E-state index contributed by atoms with van der Waals surface area (Å²) in [5.41, 5.74) is 5.68. The van der Waals surface area contributed by atoms with Crippen molar-refractivity contribution in [3.8, 4) is 17.3 Å². The fourth-order valence-electron chi connectivity index (χ4n) is 6.23. The molecule has 0 bridgehead atoms. The highest BCUT2D eigenvalue weighted by Gasteiger charge is 2.56. The number of aryl methyl sites for hydroxylation is 1. The summed E-state index contributed by atoms with van der Waals surface area (Å²) in [6, 6.07) is 23.2. The zero-order chi connectivity index (χ0) is 21.6. The molecule has 5 rings (SSSR count). The molecular formula is C27H27N3O. The molecule has 2 aromatic carbocycles. The Bertz CT molecular complexity index is 1160. The van der Waals surface area contributed by atoms with Gasteiger partial charge in [-0.2, -0.15) is 10.4 Å². The second kappa shape index (κ2) is 7.50. The minimum Gasteiger partial charge on any atom is -0.298 e. The number of fused-ring (bicyclic) bond motifs is 3. The number of nitrogens with zero attached hydrogens (tertiary/aromatic N) is 3. The van der Waals surface area contributed by atoms with E-state index in [0.717, 1.165) is 25.0 Å². The van der Waals surface area contributed by atoms with Gasteiger partial charge < -0.3 is 0 Å². The number of nitriles is 1. The van der Waals surface area contributed by atoms with Gasteiger partial charge in [-0.05, 0) is 37.2 Å². The van der Waals surface area contributed by atoms with Crippen LogP contribution in [0.2, 0.25) is 0 Å². The van der Waals surface area contributed by atoms with Crippen LogP contribution in [0, 0.1) is 29.1 Å². The van der Waals surface area contributed by atoms with Crippen molar-refractivity contribution in [2.24, 2.45) is 24.8 Å². The van der Waals surface area contributed by atoms with Crippen molar-refractivity contribution >= 4 is 5.78 Å². The van der Waals surface area contributed by atoms with Crippen LogP contribution in [0.1, 0.15) is 36.6 Å². The number of carbonyl (C=O) groups is 1. The summed E-state index contributed by atoms with van der Waals surface area (Å²) < 4.78 is 2.01. The van der Waals surface area contributed by atoms with Crippen LogP contribution in [0.3, 0.4) is 0 Å². The summed E-state index contributed by atoms with van der Waals surface area (Å²) in [5.74, 6) is -0.379. The van der Waals surface area contributed by atoms with Gasteiger partial charge in [0.05, 0.1) is 17.5 Å². The molecule has 0 radical (unpaired) electrons. The number of carbonyl (C=O) groups excluding carboxylic acids is 1. The van der Waals surface area contributed by atoms with Gasteiger partial charge in [-0.1, -0.05) is 67.6 Å². The Morgan fingerprint density at radius 1 is 1.13 bits per heavy atom. The van der Waals surface area contributed by atoms with Crippen LogP contribution in [0.4, 0.5) is 0 Å². The van der Waals surface area contributed by atoms with Crippen molar-refractivity contribution in [2.45, 2.75) is 38.0 Å². The molecule has 0 N–H and O–H groups in total. The molecule has 3 unspecified atom stereocenters. The van der Waals surface area contributed by atoms with E-state index in [9.17, 15) is 10.1 Å². The van der Waals surface area contributed by atoms with E-state index in [2.05, 4.69) is 54.6 Å². The summed E-state index contributed by atoms with van der Waals surface area (Å²) >= 11 is 0. The number of rotatable bonds is 3. The van der Waals surface area contributed by atoms with Gasteiger partial charge in [-0.25, -0.2) is 0 Å². The number of ketones is 1.